The molecule has 0 fully saturated rings. The second-order valence-corrected chi connectivity index (χ2v) is 22.6. The third kappa shape index (κ3) is 6.79. The molecule has 1 N–H and O–H groups in total. The van der Waals surface area contributed by atoms with Crippen LogP contribution in [0.1, 0.15) is 52.6 Å². The van der Waals surface area contributed by atoms with E-state index in [4.69, 9.17) is 4.74 Å². The zero-order valence-corrected chi connectivity index (χ0v) is 24.8. The average Bonchev–Trinajstić information content (AvgIpc) is 2.68. The molecule has 0 atom stereocenters. The number of hydrogen-bond donors (Lipinski definition) is 1. The van der Waals surface area contributed by atoms with Crippen molar-refractivity contribution in [3.05, 3.63) is 63.5 Å². The summed E-state index contributed by atoms with van der Waals surface area (Å²) in [6, 6.07) is 11.6. The van der Waals surface area contributed by atoms with Gasteiger partial charge in [0.15, 0.2) is 0 Å². The lowest BCUT2D eigenvalue weighted by atomic mass is 9.91. The molecule has 34 heavy (non-hydrogen) atoms. The van der Waals surface area contributed by atoms with E-state index in [1.54, 1.807) is 10.9 Å². The van der Waals surface area contributed by atoms with Gasteiger partial charge in [-0.2, -0.15) is 0 Å². The molecule has 0 aliphatic rings. The van der Waals surface area contributed by atoms with Crippen molar-refractivity contribution in [1.82, 2.24) is 5.32 Å². The fourth-order valence-corrected chi connectivity index (χ4v) is 14.7. The van der Waals surface area contributed by atoms with Gasteiger partial charge in [-0.25, -0.2) is 4.79 Å². The second-order valence-electron chi connectivity index (χ2n) is 12.0. The predicted molar refractivity (Wildman–Crippen MR) is 150 cm³/mol. The molecular weight excluding hydrogens is 454 g/mol. The summed E-state index contributed by atoms with van der Waals surface area (Å²) < 4.78 is 4.96. The first kappa shape index (κ1) is 27.8. The van der Waals surface area contributed by atoms with Crippen LogP contribution in [0.25, 0.3) is 17.2 Å². The Morgan fingerprint density at radius 2 is 1.47 bits per heavy atom. The number of esters is 1. The topological polar surface area (TPSA) is 55.4 Å². The molecule has 0 aliphatic heterocycles. The van der Waals surface area contributed by atoms with Crippen LogP contribution >= 0.6 is 0 Å². The Kier molecular flexibility index (Phi) is 8.21. The maximum atomic E-state index is 13.5. The molecule has 0 saturated heterocycles. The van der Waals surface area contributed by atoms with Gasteiger partial charge in [-0.15, -0.1) is 0 Å². The lowest BCUT2D eigenvalue weighted by Crippen LogP contribution is -2.41. The number of methoxy groups -OCH3 is 1. The molecule has 1 amide bonds. The third-order valence-corrected chi connectivity index (χ3v) is 13.8. The van der Waals surface area contributed by atoms with Crippen LogP contribution in [-0.4, -0.2) is 40.7 Å². The number of hydrogen-bond acceptors (Lipinski definition) is 3. The Labute approximate surface area is 207 Å². The van der Waals surface area contributed by atoms with E-state index in [0.29, 0.717) is 11.1 Å². The molecule has 0 aliphatic carbocycles. The lowest BCUT2D eigenvalue weighted by molar-refractivity contribution is 0.0599. The Balaban J connectivity index is 2.79. The lowest BCUT2D eigenvalue weighted by Gasteiger charge is -2.31. The van der Waals surface area contributed by atoms with Crippen molar-refractivity contribution in [1.29, 1.82) is 0 Å². The van der Waals surface area contributed by atoms with Crippen molar-refractivity contribution < 1.29 is 14.3 Å². The standard InChI is InChI=1S/C28H41NO3Si2/c1-19-21(13-12-14-22(19)27(31)32-5)23-16-15-20(17-24(23)26(30)29-28(2,3)4)18-25(33(6,7)8)34(9,10)11/h12-18H,1-11H3,(H,29,30). The third-order valence-electron chi connectivity index (χ3n) is 5.73. The van der Waals surface area contributed by atoms with Gasteiger partial charge in [-0.3, -0.25) is 4.79 Å². The normalized spacial score (nSPS) is 12.2. The summed E-state index contributed by atoms with van der Waals surface area (Å²) in [7, 11) is -1.67. The van der Waals surface area contributed by atoms with E-state index in [0.717, 1.165) is 22.3 Å². The van der Waals surface area contributed by atoms with E-state index >= 15 is 0 Å². The van der Waals surface area contributed by atoms with Gasteiger partial charge in [0.1, 0.15) is 0 Å². The quantitative estimate of drug-likeness (QED) is 0.343. The van der Waals surface area contributed by atoms with Crippen molar-refractivity contribution >= 4 is 34.1 Å². The zero-order valence-electron chi connectivity index (χ0n) is 22.8. The van der Waals surface area contributed by atoms with Crippen LogP contribution in [-0.2, 0) is 4.74 Å². The summed E-state index contributed by atoms with van der Waals surface area (Å²) in [6.07, 6.45) is 2.33. The second kappa shape index (κ2) is 10.0. The number of carbonyl (C=O) groups is 2. The van der Waals surface area contributed by atoms with Gasteiger partial charge < -0.3 is 10.1 Å². The molecule has 184 valence electrons. The minimum atomic E-state index is -1.53. The number of benzene rings is 2. The summed E-state index contributed by atoms with van der Waals surface area (Å²) in [5, 5.41) is 3.12. The molecule has 0 unspecified atom stereocenters. The van der Waals surface area contributed by atoms with Gasteiger partial charge in [-0.1, -0.05) is 74.4 Å². The highest BCUT2D eigenvalue weighted by molar-refractivity contribution is 7.05. The van der Waals surface area contributed by atoms with E-state index in [1.807, 2.05) is 52.0 Å². The summed E-state index contributed by atoms with van der Waals surface area (Å²) in [4.78, 5) is 27.3. The zero-order chi connectivity index (χ0) is 26.1. The van der Waals surface area contributed by atoms with E-state index in [2.05, 4.69) is 56.7 Å². The molecule has 2 aromatic rings. The molecule has 0 spiro atoms. The molecule has 0 radical (unpaired) electrons. The molecule has 6 heteroatoms. The van der Waals surface area contributed by atoms with Crippen molar-refractivity contribution in [2.24, 2.45) is 0 Å². The van der Waals surface area contributed by atoms with Gasteiger partial charge in [0, 0.05) is 11.1 Å². The van der Waals surface area contributed by atoms with Gasteiger partial charge >= 0.3 is 5.97 Å². The molecule has 0 bridgehead atoms. The smallest absolute Gasteiger partial charge is 0.338 e. The Bertz CT molecular complexity index is 1100. The van der Waals surface area contributed by atoms with Crippen LogP contribution in [0.2, 0.25) is 39.3 Å². The van der Waals surface area contributed by atoms with Crippen LogP contribution in [0.5, 0.6) is 0 Å². The summed E-state index contributed by atoms with van der Waals surface area (Å²) >= 11 is 0. The maximum Gasteiger partial charge on any atom is 0.338 e. The molecule has 2 aromatic carbocycles. The highest BCUT2D eigenvalue weighted by atomic mass is 28.4. The largest absolute Gasteiger partial charge is 0.465 e. The van der Waals surface area contributed by atoms with Crippen molar-refractivity contribution in [2.45, 2.75) is 72.5 Å². The fraction of sp³-hybridized carbons (Fsp3) is 0.429. The number of nitrogens with one attached hydrogen (secondary N) is 1. The van der Waals surface area contributed by atoms with Crippen LogP contribution in [0, 0.1) is 6.92 Å². The van der Waals surface area contributed by atoms with E-state index in [9.17, 15) is 9.59 Å². The van der Waals surface area contributed by atoms with Gasteiger partial charge in [0.05, 0.1) is 28.8 Å². The number of amides is 1. The summed E-state index contributed by atoms with van der Waals surface area (Å²) in [5.74, 6) is -0.502. The molecular formula is C28H41NO3Si2. The first-order chi connectivity index (χ1) is 15.5. The van der Waals surface area contributed by atoms with E-state index in [-0.39, 0.29) is 17.4 Å². The maximum absolute atomic E-state index is 13.5. The van der Waals surface area contributed by atoms with Crippen molar-refractivity contribution in [3.63, 3.8) is 0 Å². The van der Waals surface area contributed by atoms with Crippen LogP contribution in [0.3, 0.4) is 0 Å². The van der Waals surface area contributed by atoms with Crippen LogP contribution in [0.15, 0.2) is 41.2 Å². The SMILES string of the molecule is COC(=O)c1cccc(-c2ccc(C=C([Si](C)(C)C)[Si](C)(C)C)cc2C(=O)NC(C)(C)C)c1C. The Hall–Kier alpha value is -2.45. The average molecular weight is 496 g/mol. The first-order valence-electron chi connectivity index (χ1n) is 11.8. The number of carbonyl (C=O) groups excluding carboxylic acids is 2. The molecule has 2 rings (SSSR count). The van der Waals surface area contributed by atoms with Crippen LogP contribution in [0.4, 0.5) is 0 Å². The van der Waals surface area contributed by atoms with E-state index < -0.39 is 16.1 Å². The summed E-state index contributed by atoms with van der Waals surface area (Å²) in [6.45, 7) is 22.2. The van der Waals surface area contributed by atoms with E-state index in [1.165, 1.54) is 7.11 Å². The molecule has 0 saturated carbocycles. The number of rotatable bonds is 6. The van der Waals surface area contributed by atoms with Crippen molar-refractivity contribution in [2.75, 3.05) is 7.11 Å². The van der Waals surface area contributed by atoms with Gasteiger partial charge in [0.25, 0.3) is 5.91 Å². The first-order valence-corrected chi connectivity index (χ1v) is 18.8. The van der Waals surface area contributed by atoms with Crippen molar-refractivity contribution in [3.8, 4) is 11.1 Å². The molecule has 0 heterocycles. The molecule has 4 nitrogen and oxygen atoms in total. The highest BCUT2D eigenvalue weighted by Crippen LogP contribution is 2.33. The number of ether oxygens (including phenoxy) is 1. The molecule has 0 aromatic heterocycles. The predicted octanol–water partition coefficient (Wildman–Crippen LogP) is 7.12. The fourth-order valence-electron chi connectivity index (χ4n) is 4.47. The van der Waals surface area contributed by atoms with Gasteiger partial charge in [-0.05, 0) is 62.1 Å². The highest BCUT2D eigenvalue weighted by Gasteiger charge is 2.31. The minimum absolute atomic E-state index is 0.122. The van der Waals surface area contributed by atoms with Crippen LogP contribution < -0.4 is 5.32 Å². The minimum Gasteiger partial charge on any atom is -0.465 e. The monoisotopic (exact) mass is 495 g/mol. The van der Waals surface area contributed by atoms with Gasteiger partial charge in [0.2, 0.25) is 0 Å². The summed E-state index contributed by atoms with van der Waals surface area (Å²) in [5.41, 5.74) is 4.25. The Morgan fingerprint density at radius 1 is 0.882 bits per heavy atom. The Morgan fingerprint density at radius 3 is 1.97 bits per heavy atom.